The van der Waals surface area contributed by atoms with Gasteiger partial charge < -0.3 is 9.84 Å². The number of hydrogen-bond acceptors (Lipinski definition) is 4. The lowest BCUT2D eigenvalue weighted by atomic mass is 9.94. The van der Waals surface area contributed by atoms with Gasteiger partial charge in [0.15, 0.2) is 0 Å². The Labute approximate surface area is 101 Å². The van der Waals surface area contributed by atoms with Crippen molar-refractivity contribution in [3.8, 4) is 0 Å². The third-order valence-corrected chi connectivity index (χ3v) is 3.94. The molecule has 17 heavy (non-hydrogen) atoms. The number of likely N-dealkylation sites (tertiary alicyclic amines) is 1. The maximum absolute atomic E-state index is 11.9. The van der Waals surface area contributed by atoms with Crippen LogP contribution < -0.4 is 0 Å². The van der Waals surface area contributed by atoms with Gasteiger partial charge in [-0.3, -0.25) is 14.5 Å². The van der Waals surface area contributed by atoms with Gasteiger partial charge in [-0.2, -0.15) is 0 Å². The van der Waals surface area contributed by atoms with Crippen molar-refractivity contribution >= 4 is 11.8 Å². The van der Waals surface area contributed by atoms with Crippen LogP contribution in [0.2, 0.25) is 0 Å². The molecule has 1 N–H and O–H groups in total. The van der Waals surface area contributed by atoms with Crippen LogP contribution in [0.25, 0.3) is 0 Å². The van der Waals surface area contributed by atoms with Crippen molar-refractivity contribution in [3.05, 3.63) is 0 Å². The fourth-order valence-electron chi connectivity index (χ4n) is 2.39. The van der Waals surface area contributed by atoms with Crippen molar-refractivity contribution in [2.45, 2.75) is 32.3 Å². The summed E-state index contributed by atoms with van der Waals surface area (Å²) in [5, 5.41) is 10.3. The van der Waals surface area contributed by atoms with E-state index in [4.69, 9.17) is 4.74 Å². The van der Waals surface area contributed by atoms with E-state index in [1.807, 2.05) is 0 Å². The molecule has 0 aromatic rings. The molecule has 2 fully saturated rings. The van der Waals surface area contributed by atoms with Crippen LogP contribution in [0.3, 0.4) is 0 Å². The minimum absolute atomic E-state index is 0.114. The van der Waals surface area contributed by atoms with Crippen molar-refractivity contribution in [2.75, 3.05) is 19.8 Å². The van der Waals surface area contributed by atoms with Gasteiger partial charge in [0.05, 0.1) is 12.1 Å². The topological polar surface area (TPSA) is 66.8 Å². The number of rotatable bonds is 2. The third kappa shape index (κ3) is 2.21. The SMILES string of the molecule is CC1C(=O)N(CC2(O)CCOCC2)C(=O)C1C. The summed E-state index contributed by atoms with van der Waals surface area (Å²) in [6.45, 7) is 4.61. The predicted molar refractivity (Wildman–Crippen MR) is 60.1 cm³/mol. The first-order chi connectivity index (χ1) is 7.94. The van der Waals surface area contributed by atoms with Crippen molar-refractivity contribution in [1.29, 1.82) is 0 Å². The summed E-state index contributed by atoms with van der Waals surface area (Å²) in [6, 6.07) is 0. The van der Waals surface area contributed by atoms with Gasteiger partial charge in [-0.25, -0.2) is 0 Å². The predicted octanol–water partition coefficient (Wildman–Crippen LogP) is 0.169. The Morgan fingerprint density at radius 1 is 1.24 bits per heavy atom. The highest BCUT2D eigenvalue weighted by Crippen LogP contribution is 2.29. The van der Waals surface area contributed by atoms with Crippen LogP contribution in [0.1, 0.15) is 26.7 Å². The van der Waals surface area contributed by atoms with E-state index in [9.17, 15) is 14.7 Å². The number of amides is 2. The largest absolute Gasteiger partial charge is 0.388 e. The van der Waals surface area contributed by atoms with Crippen LogP contribution in [0.4, 0.5) is 0 Å². The minimum atomic E-state index is -0.965. The highest BCUT2D eigenvalue weighted by molar-refractivity contribution is 6.04. The van der Waals surface area contributed by atoms with Gasteiger partial charge in [0.1, 0.15) is 0 Å². The highest BCUT2D eigenvalue weighted by atomic mass is 16.5. The first-order valence-corrected chi connectivity index (χ1v) is 6.10. The van der Waals surface area contributed by atoms with Crippen LogP contribution in [0.5, 0.6) is 0 Å². The summed E-state index contributed by atoms with van der Waals surface area (Å²) < 4.78 is 5.18. The molecule has 2 amide bonds. The number of aliphatic hydroxyl groups is 1. The molecule has 5 heteroatoms. The van der Waals surface area contributed by atoms with Crippen molar-refractivity contribution in [3.63, 3.8) is 0 Å². The average molecular weight is 241 g/mol. The summed E-state index contributed by atoms with van der Waals surface area (Å²) in [7, 11) is 0. The molecule has 2 aliphatic heterocycles. The maximum Gasteiger partial charge on any atom is 0.232 e. The second-order valence-electron chi connectivity index (χ2n) is 5.18. The zero-order valence-electron chi connectivity index (χ0n) is 10.3. The molecular weight excluding hydrogens is 222 g/mol. The second-order valence-corrected chi connectivity index (χ2v) is 5.18. The molecular formula is C12H19NO4. The molecule has 2 rings (SSSR count). The Bertz CT molecular complexity index is 315. The van der Waals surface area contributed by atoms with Crippen LogP contribution in [0.15, 0.2) is 0 Å². The minimum Gasteiger partial charge on any atom is -0.388 e. The Morgan fingerprint density at radius 2 is 1.71 bits per heavy atom. The lowest BCUT2D eigenvalue weighted by Crippen LogP contribution is -2.49. The lowest BCUT2D eigenvalue weighted by molar-refractivity contribution is -0.147. The van der Waals surface area contributed by atoms with Gasteiger partial charge >= 0.3 is 0 Å². The Kier molecular flexibility index (Phi) is 3.23. The van der Waals surface area contributed by atoms with Gasteiger partial charge in [0.2, 0.25) is 11.8 Å². The lowest BCUT2D eigenvalue weighted by Gasteiger charge is -2.34. The number of carbonyl (C=O) groups excluding carboxylic acids is 2. The Hall–Kier alpha value is -0.940. The summed E-state index contributed by atoms with van der Waals surface area (Å²) in [5.74, 6) is -0.873. The molecule has 0 aromatic heterocycles. The molecule has 0 aromatic carbocycles. The number of carbonyl (C=O) groups is 2. The van der Waals surface area contributed by atoms with E-state index < -0.39 is 5.60 Å². The summed E-state index contributed by atoms with van der Waals surface area (Å²) in [5.41, 5.74) is -0.965. The number of nitrogens with zero attached hydrogens (tertiary/aromatic N) is 1. The Balaban J connectivity index is 2.08. The molecule has 0 aliphatic carbocycles. The highest BCUT2D eigenvalue weighted by Gasteiger charge is 2.45. The molecule has 96 valence electrons. The van der Waals surface area contributed by atoms with E-state index in [1.54, 1.807) is 13.8 Å². The molecule has 0 radical (unpaired) electrons. The van der Waals surface area contributed by atoms with E-state index in [0.717, 1.165) is 0 Å². The molecule has 2 atom stereocenters. The van der Waals surface area contributed by atoms with Crippen molar-refractivity contribution < 1.29 is 19.4 Å². The Morgan fingerprint density at radius 3 is 2.18 bits per heavy atom. The quantitative estimate of drug-likeness (QED) is 0.700. The van der Waals surface area contributed by atoms with Gasteiger partial charge in [0.25, 0.3) is 0 Å². The maximum atomic E-state index is 11.9. The molecule has 0 bridgehead atoms. The normalized spacial score (nSPS) is 33.2. The summed E-state index contributed by atoms with van der Waals surface area (Å²) in [4.78, 5) is 25.0. The number of hydrogen-bond donors (Lipinski definition) is 1. The van der Waals surface area contributed by atoms with Crippen LogP contribution in [0, 0.1) is 11.8 Å². The number of ether oxygens (including phenoxy) is 1. The summed E-state index contributed by atoms with van der Waals surface area (Å²) in [6.07, 6.45) is 0.958. The molecule has 2 saturated heterocycles. The van der Waals surface area contributed by atoms with E-state index in [-0.39, 0.29) is 30.2 Å². The number of imide groups is 1. The fraction of sp³-hybridized carbons (Fsp3) is 0.833. The van der Waals surface area contributed by atoms with Gasteiger partial charge in [-0.1, -0.05) is 13.8 Å². The molecule has 2 heterocycles. The van der Waals surface area contributed by atoms with E-state index in [1.165, 1.54) is 4.90 Å². The average Bonchev–Trinajstić information content (AvgIpc) is 2.48. The molecule has 2 aliphatic rings. The van der Waals surface area contributed by atoms with Crippen LogP contribution >= 0.6 is 0 Å². The van der Waals surface area contributed by atoms with Crippen LogP contribution in [-0.2, 0) is 14.3 Å². The first-order valence-electron chi connectivity index (χ1n) is 6.10. The van der Waals surface area contributed by atoms with Gasteiger partial charge in [-0.15, -0.1) is 0 Å². The van der Waals surface area contributed by atoms with Crippen LogP contribution in [-0.4, -0.2) is 47.2 Å². The van der Waals surface area contributed by atoms with Crippen molar-refractivity contribution in [2.24, 2.45) is 11.8 Å². The second kappa shape index (κ2) is 4.38. The van der Waals surface area contributed by atoms with E-state index in [2.05, 4.69) is 0 Å². The van der Waals surface area contributed by atoms with Gasteiger partial charge in [0, 0.05) is 37.9 Å². The third-order valence-electron chi connectivity index (χ3n) is 3.94. The molecule has 5 nitrogen and oxygen atoms in total. The smallest absolute Gasteiger partial charge is 0.232 e. The molecule has 2 unspecified atom stereocenters. The van der Waals surface area contributed by atoms with Crippen molar-refractivity contribution in [1.82, 2.24) is 4.90 Å². The summed E-state index contributed by atoms with van der Waals surface area (Å²) >= 11 is 0. The monoisotopic (exact) mass is 241 g/mol. The fourth-order valence-corrected chi connectivity index (χ4v) is 2.39. The van der Waals surface area contributed by atoms with E-state index >= 15 is 0 Å². The molecule has 0 spiro atoms. The molecule has 0 saturated carbocycles. The standard InChI is InChI=1S/C12H19NO4/c1-8-9(2)11(15)13(10(8)14)7-12(16)3-5-17-6-4-12/h8-9,16H,3-7H2,1-2H3. The zero-order chi connectivity index (χ0) is 12.6. The van der Waals surface area contributed by atoms with E-state index in [0.29, 0.717) is 26.1 Å². The first kappa shape index (κ1) is 12.5. The van der Waals surface area contributed by atoms with Gasteiger partial charge in [-0.05, 0) is 0 Å². The number of β-amino-alcohol motifs (C(OH)–C–C–N with tert-alkyl or cyclic N) is 1. The zero-order valence-corrected chi connectivity index (χ0v) is 10.3.